The van der Waals surface area contributed by atoms with E-state index in [1.165, 1.54) is 18.5 Å². The lowest BCUT2D eigenvalue weighted by Gasteiger charge is -2.32. The first-order chi connectivity index (χ1) is 10.1. The van der Waals surface area contributed by atoms with Crippen molar-refractivity contribution in [3.05, 3.63) is 36.0 Å². The molecule has 1 fully saturated rings. The molecule has 1 aromatic heterocycles. The molecule has 2 aromatic rings. The lowest BCUT2D eigenvalue weighted by Crippen LogP contribution is -2.35. The molecular weight excluding hydrogens is 278 g/mol. The minimum absolute atomic E-state index is 0.428. The van der Waals surface area contributed by atoms with Crippen molar-refractivity contribution in [1.29, 1.82) is 0 Å². The molecule has 2 heterocycles. The van der Waals surface area contributed by atoms with Gasteiger partial charge in [0.05, 0.1) is 16.8 Å². The van der Waals surface area contributed by atoms with Crippen LogP contribution >= 0.6 is 12.2 Å². The van der Waals surface area contributed by atoms with Gasteiger partial charge in [-0.25, -0.2) is 0 Å². The van der Waals surface area contributed by atoms with Crippen LogP contribution in [0, 0.1) is 5.92 Å². The molecule has 110 valence electrons. The van der Waals surface area contributed by atoms with Crippen LogP contribution in [0.3, 0.4) is 0 Å². The second kappa shape index (κ2) is 5.60. The van der Waals surface area contributed by atoms with Crippen LogP contribution in [0.5, 0.6) is 0 Å². The zero-order valence-corrected chi connectivity index (χ0v) is 13.4. The van der Waals surface area contributed by atoms with Crippen molar-refractivity contribution in [2.45, 2.75) is 32.7 Å². The molecule has 21 heavy (non-hydrogen) atoms. The predicted octanol–water partition coefficient (Wildman–Crippen LogP) is 3.49. The van der Waals surface area contributed by atoms with Gasteiger partial charge < -0.3 is 10.6 Å². The fourth-order valence-electron chi connectivity index (χ4n) is 3.38. The molecule has 4 heteroatoms. The summed E-state index contributed by atoms with van der Waals surface area (Å²) >= 11 is 5.26. The van der Waals surface area contributed by atoms with Crippen molar-refractivity contribution >= 4 is 33.8 Å². The summed E-state index contributed by atoms with van der Waals surface area (Å²) < 4.78 is 0. The van der Waals surface area contributed by atoms with Gasteiger partial charge in [0.1, 0.15) is 4.99 Å². The van der Waals surface area contributed by atoms with E-state index in [-0.39, 0.29) is 0 Å². The monoisotopic (exact) mass is 299 g/mol. The van der Waals surface area contributed by atoms with E-state index in [0.29, 0.717) is 16.9 Å². The van der Waals surface area contributed by atoms with E-state index in [4.69, 9.17) is 18.0 Å². The maximum atomic E-state index is 5.96. The van der Waals surface area contributed by atoms with Gasteiger partial charge in [-0.2, -0.15) is 0 Å². The summed E-state index contributed by atoms with van der Waals surface area (Å²) in [6.07, 6.45) is 4.27. The summed E-state index contributed by atoms with van der Waals surface area (Å²) in [4.78, 5) is 7.43. The normalized spacial score (nSPS) is 18.6. The molecule has 0 spiro atoms. The first-order valence-electron chi connectivity index (χ1n) is 7.53. The largest absolute Gasteiger partial charge is 0.389 e. The molecule has 1 aromatic carbocycles. The van der Waals surface area contributed by atoms with Gasteiger partial charge >= 0.3 is 0 Å². The highest BCUT2D eigenvalue weighted by Gasteiger charge is 2.30. The first kappa shape index (κ1) is 14.3. The van der Waals surface area contributed by atoms with E-state index < -0.39 is 0 Å². The average Bonchev–Trinajstić information content (AvgIpc) is 2.95. The third-order valence-electron chi connectivity index (χ3n) is 4.37. The molecule has 0 saturated carbocycles. The molecule has 0 bridgehead atoms. The summed E-state index contributed by atoms with van der Waals surface area (Å²) in [6, 6.07) is 8.78. The van der Waals surface area contributed by atoms with Crippen LogP contribution in [0.25, 0.3) is 10.9 Å². The predicted molar refractivity (Wildman–Crippen MR) is 92.8 cm³/mol. The van der Waals surface area contributed by atoms with Gasteiger partial charge in [0.15, 0.2) is 0 Å². The molecular formula is C17H21N3S. The number of rotatable bonds is 3. The second-order valence-electron chi connectivity index (χ2n) is 6.05. The highest BCUT2D eigenvalue weighted by molar-refractivity contribution is 7.80. The zero-order chi connectivity index (χ0) is 15.0. The van der Waals surface area contributed by atoms with Crippen LogP contribution in [0.15, 0.2) is 30.5 Å². The van der Waals surface area contributed by atoms with Gasteiger partial charge in [-0.15, -0.1) is 0 Å². The fraction of sp³-hybridized carbons (Fsp3) is 0.412. The van der Waals surface area contributed by atoms with E-state index in [9.17, 15) is 0 Å². The molecule has 1 aliphatic heterocycles. The van der Waals surface area contributed by atoms with E-state index in [0.717, 1.165) is 23.0 Å². The Morgan fingerprint density at radius 1 is 1.38 bits per heavy atom. The molecule has 1 aliphatic rings. The molecule has 0 aliphatic carbocycles. The molecule has 3 nitrogen and oxygen atoms in total. The number of aromatic nitrogens is 1. The Labute approximate surface area is 131 Å². The Balaban J connectivity index is 2.23. The van der Waals surface area contributed by atoms with Gasteiger partial charge in [-0.05, 0) is 24.8 Å². The molecule has 0 radical (unpaired) electrons. The summed E-state index contributed by atoms with van der Waals surface area (Å²) in [6.45, 7) is 5.63. The first-order valence-corrected chi connectivity index (χ1v) is 7.94. The Morgan fingerprint density at radius 3 is 2.86 bits per heavy atom. The number of nitrogens with zero attached hydrogens (tertiary/aromatic N) is 2. The average molecular weight is 299 g/mol. The smallest absolute Gasteiger partial charge is 0.107 e. The Kier molecular flexibility index (Phi) is 3.81. The molecule has 1 unspecified atom stereocenters. The zero-order valence-electron chi connectivity index (χ0n) is 12.5. The number of benzene rings is 1. The summed E-state index contributed by atoms with van der Waals surface area (Å²) in [7, 11) is 0. The fourth-order valence-corrected chi connectivity index (χ4v) is 3.53. The SMILES string of the molecule is CC(C)C1CCCN1c1c(C(N)=S)cnc2ccccc12. The number of nitrogens with two attached hydrogens (primary N) is 1. The maximum Gasteiger partial charge on any atom is 0.107 e. The van der Waals surface area contributed by atoms with Crippen LogP contribution < -0.4 is 10.6 Å². The lowest BCUT2D eigenvalue weighted by atomic mass is 10.00. The number of fused-ring (bicyclic) bond motifs is 1. The molecule has 1 saturated heterocycles. The quantitative estimate of drug-likeness (QED) is 0.881. The van der Waals surface area contributed by atoms with Gasteiger partial charge in [0.2, 0.25) is 0 Å². The molecule has 1 atom stereocenters. The Bertz CT molecular complexity index is 681. The van der Waals surface area contributed by atoms with Crippen molar-refractivity contribution in [2.24, 2.45) is 11.7 Å². The minimum atomic E-state index is 0.428. The van der Waals surface area contributed by atoms with Crippen LogP contribution in [0.1, 0.15) is 32.3 Å². The second-order valence-corrected chi connectivity index (χ2v) is 6.49. The van der Waals surface area contributed by atoms with Gasteiger partial charge in [0.25, 0.3) is 0 Å². The number of thiocarbonyl (C=S) groups is 1. The summed E-state index contributed by atoms with van der Waals surface area (Å²) in [5.41, 5.74) is 9.03. The van der Waals surface area contributed by atoms with Gasteiger partial charge in [-0.3, -0.25) is 4.98 Å². The lowest BCUT2D eigenvalue weighted by molar-refractivity contribution is 0.492. The highest BCUT2D eigenvalue weighted by Crippen LogP contribution is 2.36. The highest BCUT2D eigenvalue weighted by atomic mass is 32.1. The van der Waals surface area contributed by atoms with Crippen molar-refractivity contribution in [2.75, 3.05) is 11.4 Å². The van der Waals surface area contributed by atoms with Crippen LogP contribution in [0.4, 0.5) is 5.69 Å². The van der Waals surface area contributed by atoms with Crippen molar-refractivity contribution in [3.8, 4) is 0 Å². The van der Waals surface area contributed by atoms with Crippen molar-refractivity contribution < 1.29 is 0 Å². The number of pyridine rings is 1. The number of anilines is 1. The van der Waals surface area contributed by atoms with E-state index >= 15 is 0 Å². The minimum Gasteiger partial charge on any atom is -0.389 e. The van der Waals surface area contributed by atoms with E-state index in [1.807, 2.05) is 18.3 Å². The van der Waals surface area contributed by atoms with Crippen molar-refractivity contribution in [3.63, 3.8) is 0 Å². The summed E-state index contributed by atoms with van der Waals surface area (Å²) in [5, 5.41) is 1.15. The maximum absolute atomic E-state index is 5.96. The third kappa shape index (κ3) is 2.48. The molecule has 2 N–H and O–H groups in total. The Hall–Kier alpha value is -1.68. The third-order valence-corrected chi connectivity index (χ3v) is 4.59. The number of para-hydroxylation sites is 1. The van der Waals surface area contributed by atoms with E-state index in [2.05, 4.69) is 35.9 Å². The van der Waals surface area contributed by atoms with Crippen LogP contribution in [-0.4, -0.2) is 22.6 Å². The van der Waals surface area contributed by atoms with E-state index in [1.54, 1.807) is 0 Å². The van der Waals surface area contributed by atoms with Crippen LogP contribution in [0.2, 0.25) is 0 Å². The molecule has 3 rings (SSSR count). The Morgan fingerprint density at radius 2 is 2.14 bits per heavy atom. The molecule has 0 amide bonds. The summed E-state index contributed by atoms with van der Waals surface area (Å²) in [5.74, 6) is 0.610. The topological polar surface area (TPSA) is 42.1 Å². The van der Waals surface area contributed by atoms with Gasteiger partial charge in [0, 0.05) is 24.2 Å². The van der Waals surface area contributed by atoms with Gasteiger partial charge in [-0.1, -0.05) is 44.3 Å². The van der Waals surface area contributed by atoms with Crippen LogP contribution in [-0.2, 0) is 0 Å². The number of hydrogen-bond donors (Lipinski definition) is 1. The van der Waals surface area contributed by atoms with Crippen molar-refractivity contribution in [1.82, 2.24) is 4.98 Å². The number of hydrogen-bond acceptors (Lipinski definition) is 3. The standard InChI is InChI=1S/C17H21N3S/c1-11(2)15-8-5-9-20(15)16-12-6-3-4-7-14(12)19-10-13(16)17(18)21/h3-4,6-7,10-11,15H,5,8-9H2,1-2H3,(H2,18,21).